The van der Waals surface area contributed by atoms with Gasteiger partial charge in [0, 0.05) is 43.1 Å². The minimum absolute atomic E-state index is 0.146. The zero-order valence-electron chi connectivity index (χ0n) is 21.6. The van der Waals surface area contributed by atoms with E-state index < -0.39 is 23.3 Å². The van der Waals surface area contributed by atoms with E-state index in [4.69, 9.17) is 0 Å². The second-order valence-corrected chi connectivity index (χ2v) is 10.2. The van der Waals surface area contributed by atoms with Crippen LogP contribution in [-0.4, -0.2) is 54.9 Å². The van der Waals surface area contributed by atoms with Crippen molar-refractivity contribution < 1.29 is 22.8 Å². The van der Waals surface area contributed by atoms with Gasteiger partial charge in [0.15, 0.2) is 0 Å². The van der Waals surface area contributed by atoms with Crippen molar-refractivity contribution in [3.63, 3.8) is 0 Å². The zero-order valence-corrected chi connectivity index (χ0v) is 21.6. The van der Waals surface area contributed by atoms with Gasteiger partial charge in [-0.3, -0.25) is 9.59 Å². The number of nitrogens with zero attached hydrogens (tertiary/aromatic N) is 3. The minimum atomic E-state index is -4.63. The molecule has 0 spiro atoms. The van der Waals surface area contributed by atoms with E-state index in [1.54, 1.807) is 12.1 Å². The molecule has 0 radical (unpaired) electrons. The standard InChI is InChI=1S/C29H30F3N5O2/c1-36-16-18-37(19-17-36)23-12-6-20(7-13-23)26(38)35-28(14-3-15-28)21-8-10-22(11-9-21)33-27(39)24-4-2-5-25(34-24)29(30,31)32/h2,4-13H,3,14-19H2,1H3,(H,33,39)(H,35,38). The Kier molecular flexibility index (Phi) is 7.31. The largest absolute Gasteiger partial charge is 0.433 e. The highest BCUT2D eigenvalue weighted by Crippen LogP contribution is 2.42. The normalized spacial score (nSPS) is 17.3. The molecular formula is C29H30F3N5O2. The van der Waals surface area contributed by atoms with Crippen LogP contribution in [0.25, 0.3) is 0 Å². The first-order valence-electron chi connectivity index (χ1n) is 13.0. The van der Waals surface area contributed by atoms with Crippen LogP contribution in [0.15, 0.2) is 66.7 Å². The molecule has 2 aromatic carbocycles. The summed E-state index contributed by atoms with van der Waals surface area (Å²) in [5, 5.41) is 5.80. The Bertz CT molecular complexity index is 1330. The lowest BCUT2D eigenvalue weighted by Gasteiger charge is -2.43. The SMILES string of the molecule is CN1CCN(c2ccc(C(=O)NC3(c4ccc(NC(=O)c5cccc(C(F)(F)F)n5)cc4)CCC3)cc2)CC1. The first-order chi connectivity index (χ1) is 18.6. The van der Waals surface area contributed by atoms with Crippen LogP contribution >= 0.6 is 0 Å². The van der Waals surface area contributed by atoms with Crippen molar-refractivity contribution >= 4 is 23.2 Å². The molecule has 1 saturated heterocycles. The molecule has 5 rings (SSSR count). The molecule has 204 valence electrons. The number of hydrogen-bond donors (Lipinski definition) is 2. The fourth-order valence-electron chi connectivity index (χ4n) is 4.98. The van der Waals surface area contributed by atoms with E-state index in [0.717, 1.165) is 68.8 Å². The minimum Gasteiger partial charge on any atom is -0.369 e. The Hall–Kier alpha value is -3.92. The second kappa shape index (κ2) is 10.7. The summed E-state index contributed by atoms with van der Waals surface area (Å²) in [6, 6.07) is 17.9. The van der Waals surface area contributed by atoms with E-state index in [9.17, 15) is 22.8 Å². The average molecular weight is 538 g/mol. The van der Waals surface area contributed by atoms with Crippen LogP contribution in [0, 0.1) is 0 Å². The van der Waals surface area contributed by atoms with E-state index >= 15 is 0 Å². The Morgan fingerprint density at radius 3 is 2.13 bits per heavy atom. The third-order valence-electron chi connectivity index (χ3n) is 7.53. The van der Waals surface area contributed by atoms with Crippen molar-refractivity contribution in [2.24, 2.45) is 0 Å². The summed E-state index contributed by atoms with van der Waals surface area (Å²) < 4.78 is 38.8. The van der Waals surface area contributed by atoms with Crippen molar-refractivity contribution in [3.8, 4) is 0 Å². The van der Waals surface area contributed by atoms with Crippen molar-refractivity contribution in [1.82, 2.24) is 15.2 Å². The highest BCUT2D eigenvalue weighted by Gasteiger charge is 2.40. The van der Waals surface area contributed by atoms with E-state index in [-0.39, 0.29) is 11.6 Å². The van der Waals surface area contributed by atoms with Gasteiger partial charge in [0.25, 0.3) is 11.8 Å². The van der Waals surface area contributed by atoms with Gasteiger partial charge < -0.3 is 20.4 Å². The summed E-state index contributed by atoms with van der Waals surface area (Å²) in [5.74, 6) is -0.881. The predicted octanol–water partition coefficient (Wildman–Crippen LogP) is 4.91. The Labute approximate surface area is 225 Å². The Balaban J connectivity index is 1.23. The van der Waals surface area contributed by atoms with Crippen molar-refractivity contribution in [1.29, 1.82) is 0 Å². The summed E-state index contributed by atoms with van der Waals surface area (Å²) in [4.78, 5) is 33.7. The molecular weight excluding hydrogens is 507 g/mol. The number of anilines is 2. The summed E-state index contributed by atoms with van der Waals surface area (Å²) in [5.41, 5.74) is 1.08. The molecule has 39 heavy (non-hydrogen) atoms. The van der Waals surface area contributed by atoms with Crippen LogP contribution in [-0.2, 0) is 11.7 Å². The number of pyridine rings is 1. The number of aromatic nitrogens is 1. The van der Waals surface area contributed by atoms with Crippen molar-refractivity contribution in [2.75, 3.05) is 43.4 Å². The molecule has 1 aliphatic heterocycles. The van der Waals surface area contributed by atoms with Gasteiger partial charge in [0.2, 0.25) is 0 Å². The Morgan fingerprint density at radius 1 is 0.872 bits per heavy atom. The summed E-state index contributed by atoms with van der Waals surface area (Å²) in [7, 11) is 2.11. The highest BCUT2D eigenvalue weighted by molar-refractivity contribution is 6.02. The number of halogens is 3. The molecule has 0 bridgehead atoms. The van der Waals surface area contributed by atoms with E-state index in [1.807, 2.05) is 36.4 Å². The third-order valence-corrected chi connectivity index (χ3v) is 7.53. The number of alkyl halides is 3. The molecule has 7 nitrogen and oxygen atoms in total. The number of carbonyl (C=O) groups is 2. The molecule has 2 heterocycles. The van der Waals surface area contributed by atoms with Gasteiger partial charge in [0.05, 0.1) is 5.54 Å². The molecule has 1 aliphatic carbocycles. The average Bonchev–Trinajstić information content (AvgIpc) is 2.91. The molecule has 0 unspecified atom stereocenters. The van der Waals surface area contributed by atoms with Gasteiger partial charge in [-0.1, -0.05) is 18.2 Å². The van der Waals surface area contributed by atoms with Crippen LogP contribution in [0.3, 0.4) is 0 Å². The molecule has 2 amide bonds. The number of piperazine rings is 1. The molecule has 10 heteroatoms. The van der Waals surface area contributed by atoms with Gasteiger partial charge in [-0.05, 0) is 80.4 Å². The smallest absolute Gasteiger partial charge is 0.369 e. The number of rotatable bonds is 6. The monoisotopic (exact) mass is 537 g/mol. The third kappa shape index (κ3) is 5.90. The van der Waals surface area contributed by atoms with E-state index in [1.165, 1.54) is 6.07 Å². The van der Waals surface area contributed by atoms with Gasteiger partial charge in [0.1, 0.15) is 11.4 Å². The number of carbonyl (C=O) groups excluding carboxylic acids is 2. The number of amides is 2. The molecule has 1 aromatic heterocycles. The predicted molar refractivity (Wildman–Crippen MR) is 143 cm³/mol. The van der Waals surface area contributed by atoms with Crippen LogP contribution < -0.4 is 15.5 Å². The fraction of sp³-hybridized carbons (Fsp3) is 0.345. The van der Waals surface area contributed by atoms with Crippen LogP contribution in [0.1, 0.15) is 51.4 Å². The maximum atomic E-state index is 13.1. The van der Waals surface area contributed by atoms with Gasteiger partial charge in [-0.25, -0.2) is 4.98 Å². The molecule has 2 fully saturated rings. The van der Waals surface area contributed by atoms with Crippen LogP contribution in [0.5, 0.6) is 0 Å². The van der Waals surface area contributed by atoms with Gasteiger partial charge >= 0.3 is 6.18 Å². The first-order valence-corrected chi connectivity index (χ1v) is 13.0. The summed E-state index contributed by atoms with van der Waals surface area (Å²) in [6.07, 6.45) is -2.08. The molecule has 2 aliphatic rings. The van der Waals surface area contributed by atoms with E-state index in [0.29, 0.717) is 11.3 Å². The number of nitrogens with one attached hydrogen (secondary N) is 2. The van der Waals surface area contributed by atoms with Crippen LogP contribution in [0.2, 0.25) is 0 Å². The maximum Gasteiger partial charge on any atom is 0.433 e. The summed E-state index contributed by atoms with van der Waals surface area (Å²) in [6.45, 7) is 3.93. The maximum absolute atomic E-state index is 13.1. The lowest BCUT2D eigenvalue weighted by Crippen LogP contribution is -2.50. The highest BCUT2D eigenvalue weighted by atomic mass is 19.4. The molecule has 2 N–H and O–H groups in total. The topological polar surface area (TPSA) is 77.6 Å². The fourth-order valence-corrected chi connectivity index (χ4v) is 4.98. The second-order valence-electron chi connectivity index (χ2n) is 10.2. The quantitative estimate of drug-likeness (QED) is 0.467. The van der Waals surface area contributed by atoms with Crippen molar-refractivity contribution in [2.45, 2.75) is 31.0 Å². The van der Waals surface area contributed by atoms with Gasteiger partial charge in [-0.2, -0.15) is 13.2 Å². The first kappa shape index (κ1) is 26.7. The Morgan fingerprint density at radius 2 is 1.54 bits per heavy atom. The number of benzene rings is 2. The molecule has 1 saturated carbocycles. The lowest BCUT2D eigenvalue weighted by atomic mass is 9.71. The van der Waals surface area contributed by atoms with E-state index in [2.05, 4.69) is 32.5 Å². The molecule has 3 aromatic rings. The van der Waals surface area contributed by atoms with Crippen LogP contribution in [0.4, 0.5) is 24.5 Å². The summed E-state index contributed by atoms with van der Waals surface area (Å²) >= 11 is 0. The lowest BCUT2D eigenvalue weighted by molar-refractivity contribution is -0.141. The number of hydrogen-bond acceptors (Lipinski definition) is 5. The van der Waals surface area contributed by atoms with Crippen molar-refractivity contribution in [3.05, 3.63) is 89.2 Å². The zero-order chi connectivity index (χ0) is 27.6. The molecule has 0 atom stereocenters. The van der Waals surface area contributed by atoms with Gasteiger partial charge in [-0.15, -0.1) is 0 Å². The number of likely N-dealkylation sites (N-methyl/N-ethyl adjacent to an activating group) is 1.